The highest BCUT2D eigenvalue weighted by Crippen LogP contribution is 2.37. The standard InChI is InChI=1S/C19H17NO3S2/c1-12-6-4-5-7-16(12)20-18(21)17(25-19(20)24)10-13-8-14(22-2)11-15(9-13)23-3/h4-11H,1-3H3/b17-10+. The van der Waals surface area contributed by atoms with Crippen LogP contribution in [0.1, 0.15) is 11.1 Å². The first kappa shape index (κ1) is 17.5. The lowest BCUT2D eigenvalue weighted by Gasteiger charge is -2.16. The molecule has 0 radical (unpaired) electrons. The first-order valence-corrected chi connectivity index (χ1v) is 8.82. The van der Waals surface area contributed by atoms with E-state index >= 15 is 0 Å². The Morgan fingerprint density at radius 1 is 1.08 bits per heavy atom. The molecule has 0 aliphatic carbocycles. The van der Waals surface area contributed by atoms with E-state index in [1.807, 2.05) is 49.4 Å². The number of ether oxygens (including phenoxy) is 2. The summed E-state index contributed by atoms with van der Waals surface area (Å²) in [6.07, 6.45) is 1.81. The van der Waals surface area contributed by atoms with E-state index in [0.717, 1.165) is 16.8 Å². The summed E-state index contributed by atoms with van der Waals surface area (Å²) in [6, 6.07) is 13.2. The highest BCUT2D eigenvalue weighted by molar-refractivity contribution is 8.27. The molecular formula is C19H17NO3S2. The second kappa shape index (κ2) is 7.29. The number of hydrogen-bond donors (Lipinski definition) is 0. The highest BCUT2D eigenvalue weighted by atomic mass is 32.2. The topological polar surface area (TPSA) is 38.8 Å². The molecule has 0 saturated carbocycles. The van der Waals surface area contributed by atoms with Crippen molar-refractivity contribution < 1.29 is 14.3 Å². The minimum Gasteiger partial charge on any atom is -0.497 e. The van der Waals surface area contributed by atoms with Gasteiger partial charge in [0.2, 0.25) is 0 Å². The molecule has 0 bridgehead atoms. The average Bonchev–Trinajstić information content (AvgIpc) is 2.88. The minimum atomic E-state index is -0.119. The van der Waals surface area contributed by atoms with Gasteiger partial charge < -0.3 is 9.47 Å². The van der Waals surface area contributed by atoms with Crippen molar-refractivity contribution in [3.05, 3.63) is 58.5 Å². The Kier molecular flexibility index (Phi) is 5.11. The number of aryl methyl sites for hydroxylation is 1. The molecule has 6 heteroatoms. The maximum atomic E-state index is 12.9. The van der Waals surface area contributed by atoms with E-state index in [1.54, 1.807) is 25.2 Å². The molecule has 1 aliphatic heterocycles. The highest BCUT2D eigenvalue weighted by Gasteiger charge is 2.33. The summed E-state index contributed by atoms with van der Waals surface area (Å²) in [7, 11) is 3.19. The summed E-state index contributed by atoms with van der Waals surface area (Å²) in [6.45, 7) is 1.96. The number of thioether (sulfide) groups is 1. The van der Waals surface area contributed by atoms with E-state index in [2.05, 4.69) is 0 Å². The van der Waals surface area contributed by atoms with Crippen LogP contribution in [0.2, 0.25) is 0 Å². The normalized spacial score (nSPS) is 15.8. The Morgan fingerprint density at radius 3 is 2.32 bits per heavy atom. The molecule has 0 atom stereocenters. The number of rotatable bonds is 4. The summed E-state index contributed by atoms with van der Waals surface area (Å²) >= 11 is 6.72. The molecule has 1 aliphatic rings. The molecule has 0 N–H and O–H groups in total. The van der Waals surface area contributed by atoms with E-state index in [4.69, 9.17) is 21.7 Å². The maximum absolute atomic E-state index is 12.9. The molecule has 0 unspecified atom stereocenters. The zero-order valence-corrected chi connectivity index (χ0v) is 15.7. The van der Waals surface area contributed by atoms with Gasteiger partial charge in [-0.25, -0.2) is 0 Å². The second-order valence-corrected chi connectivity index (χ2v) is 7.13. The quantitative estimate of drug-likeness (QED) is 0.588. The fourth-order valence-electron chi connectivity index (χ4n) is 2.55. The van der Waals surface area contributed by atoms with Crippen molar-refractivity contribution in [2.45, 2.75) is 6.92 Å². The molecule has 0 aromatic heterocycles. The molecule has 3 rings (SSSR count). The third kappa shape index (κ3) is 3.55. The largest absolute Gasteiger partial charge is 0.497 e. The Hall–Kier alpha value is -2.31. The van der Waals surface area contributed by atoms with Gasteiger partial charge >= 0.3 is 0 Å². The van der Waals surface area contributed by atoms with E-state index in [9.17, 15) is 4.79 Å². The van der Waals surface area contributed by atoms with Gasteiger partial charge in [-0.15, -0.1) is 0 Å². The number of carbonyl (C=O) groups is 1. The number of hydrogen-bond acceptors (Lipinski definition) is 5. The summed E-state index contributed by atoms with van der Waals surface area (Å²) in [5, 5.41) is 0. The Labute approximate surface area is 156 Å². The van der Waals surface area contributed by atoms with Crippen LogP contribution in [-0.2, 0) is 4.79 Å². The number of thiocarbonyl (C=S) groups is 1. The van der Waals surface area contributed by atoms with E-state index in [1.165, 1.54) is 11.8 Å². The number of amides is 1. The van der Waals surface area contributed by atoms with Gasteiger partial charge in [-0.05, 0) is 42.3 Å². The van der Waals surface area contributed by atoms with Crippen molar-refractivity contribution in [1.82, 2.24) is 0 Å². The number of nitrogens with zero attached hydrogens (tertiary/aromatic N) is 1. The van der Waals surface area contributed by atoms with Crippen molar-refractivity contribution in [2.75, 3.05) is 19.1 Å². The summed E-state index contributed by atoms with van der Waals surface area (Å²) < 4.78 is 11.1. The number of methoxy groups -OCH3 is 2. The molecular weight excluding hydrogens is 354 g/mol. The van der Waals surface area contributed by atoms with E-state index in [-0.39, 0.29) is 5.91 Å². The molecule has 25 heavy (non-hydrogen) atoms. The first-order chi connectivity index (χ1) is 12.0. The molecule has 4 nitrogen and oxygen atoms in total. The molecule has 128 valence electrons. The van der Waals surface area contributed by atoms with Gasteiger partial charge in [0.05, 0.1) is 24.8 Å². The van der Waals surface area contributed by atoms with Gasteiger partial charge in [0, 0.05) is 6.07 Å². The van der Waals surface area contributed by atoms with Crippen LogP contribution < -0.4 is 14.4 Å². The zero-order chi connectivity index (χ0) is 18.0. The predicted octanol–water partition coefficient (Wildman–Crippen LogP) is 4.42. The van der Waals surface area contributed by atoms with Crippen molar-refractivity contribution in [1.29, 1.82) is 0 Å². The van der Waals surface area contributed by atoms with Gasteiger partial charge in [-0.1, -0.05) is 42.2 Å². The fraction of sp³-hybridized carbons (Fsp3) is 0.158. The Bertz CT molecular complexity index is 854. The van der Waals surface area contributed by atoms with E-state index in [0.29, 0.717) is 20.7 Å². The lowest BCUT2D eigenvalue weighted by molar-refractivity contribution is -0.113. The molecule has 0 spiro atoms. The van der Waals surface area contributed by atoms with Crippen molar-refractivity contribution >= 4 is 46.0 Å². The average molecular weight is 371 g/mol. The Morgan fingerprint density at radius 2 is 1.72 bits per heavy atom. The first-order valence-electron chi connectivity index (χ1n) is 7.60. The van der Waals surface area contributed by atoms with E-state index < -0.39 is 0 Å². The monoisotopic (exact) mass is 371 g/mol. The van der Waals surface area contributed by atoms with Gasteiger partial charge in [0.1, 0.15) is 11.5 Å². The minimum absolute atomic E-state index is 0.119. The van der Waals surface area contributed by atoms with Gasteiger partial charge in [0.25, 0.3) is 5.91 Å². The second-order valence-electron chi connectivity index (χ2n) is 5.45. The van der Waals surface area contributed by atoms with Crippen LogP contribution in [-0.4, -0.2) is 24.4 Å². The van der Waals surface area contributed by atoms with Crippen molar-refractivity contribution in [3.63, 3.8) is 0 Å². The molecule has 1 amide bonds. The smallest absolute Gasteiger partial charge is 0.270 e. The van der Waals surface area contributed by atoms with Crippen LogP contribution in [0.15, 0.2) is 47.4 Å². The third-order valence-corrected chi connectivity index (χ3v) is 5.12. The summed E-state index contributed by atoms with van der Waals surface area (Å²) in [5.74, 6) is 1.21. The number of benzene rings is 2. The fourth-order valence-corrected chi connectivity index (χ4v) is 3.84. The SMILES string of the molecule is COc1cc(/C=C2/SC(=S)N(c3ccccc3C)C2=O)cc(OC)c1. The summed E-state index contributed by atoms with van der Waals surface area (Å²) in [4.78, 5) is 15.0. The maximum Gasteiger partial charge on any atom is 0.270 e. The number of para-hydroxylation sites is 1. The molecule has 1 saturated heterocycles. The van der Waals surface area contributed by atoms with Crippen LogP contribution >= 0.6 is 24.0 Å². The predicted molar refractivity (Wildman–Crippen MR) is 106 cm³/mol. The zero-order valence-electron chi connectivity index (χ0n) is 14.1. The summed E-state index contributed by atoms with van der Waals surface area (Å²) in [5.41, 5.74) is 2.64. The van der Waals surface area contributed by atoms with Crippen LogP contribution in [0, 0.1) is 6.92 Å². The van der Waals surface area contributed by atoms with Gasteiger partial charge in [-0.2, -0.15) is 0 Å². The lowest BCUT2D eigenvalue weighted by Crippen LogP contribution is -2.28. The number of anilines is 1. The van der Waals surface area contributed by atoms with Crippen molar-refractivity contribution in [2.24, 2.45) is 0 Å². The third-order valence-electron chi connectivity index (χ3n) is 3.82. The molecule has 1 fully saturated rings. The molecule has 1 heterocycles. The van der Waals surface area contributed by atoms with Crippen LogP contribution in [0.5, 0.6) is 11.5 Å². The Balaban J connectivity index is 1.97. The van der Waals surface area contributed by atoms with Gasteiger partial charge in [0.15, 0.2) is 4.32 Å². The van der Waals surface area contributed by atoms with Crippen molar-refractivity contribution in [3.8, 4) is 11.5 Å². The van der Waals surface area contributed by atoms with Gasteiger partial charge in [-0.3, -0.25) is 9.69 Å². The molecule has 2 aromatic carbocycles. The van der Waals surface area contributed by atoms with Crippen LogP contribution in [0.3, 0.4) is 0 Å². The number of carbonyl (C=O) groups excluding carboxylic acids is 1. The lowest BCUT2D eigenvalue weighted by atomic mass is 10.1. The molecule has 2 aromatic rings. The van der Waals surface area contributed by atoms with Crippen LogP contribution in [0.25, 0.3) is 6.08 Å². The van der Waals surface area contributed by atoms with Crippen LogP contribution in [0.4, 0.5) is 5.69 Å².